The molecule has 4 N–H and O–H groups in total. The summed E-state index contributed by atoms with van der Waals surface area (Å²) in [6.45, 7) is 1.67. The van der Waals surface area contributed by atoms with E-state index in [0.29, 0.717) is 22.8 Å². The molecule has 1 amide bonds. The van der Waals surface area contributed by atoms with E-state index in [1.807, 2.05) is 0 Å². The smallest absolute Gasteiger partial charge is 0.410 e. The molecule has 0 aliphatic carbocycles. The van der Waals surface area contributed by atoms with E-state index in [-0.39, 0.29) is 5.82 Å². The number of amides is 1. The molecule has 0 bridgehead atoms. The molecule has 2 aromatic heterocycles. The Bertz CT molecular complexity index is 600. The second kappa shape index (κ2) is 4.66. The van der Waals surface area contributed by atoms with Crippen molar-refractivity contribution in [2.24, 2.45) is 0 Å². The first-order valence-electron chi connectivity index (χ1n) is 5.12. The molecule has 0 aliphatic rings. The maximum atomic E-state index is 10.6. The lowest BCUT2D eigenvalue weighted by Gasteiger charge is -2.07. The van der Waals surface area contributed by atoms with Crippen LogP contribution in [-0.2, 0) is 0 Å². The molecule has 7 heteroatoms. The van der Waals surface area contributed by atoms with Crippen LogP contribution in [0.4, 0.5) is 16.3 Å². The summed E-state index contributed by atoms with van der Waals surface area (Å²) in [5.74, 6) is 0.661. The zero-order valence-corrected chi connectivity index (χ0v) is 9.58. The number of hydrogen-bond acceptors (Lipinski definition) is 5. The van der Waals surface area contributed by atoms with Crippen LogP contribution in [0.2, 0.25) is 0 Å². The SMILES string of the molecule is Cc1nc(NC(=O)O)cc(-c2ccncc2N)n1. The van der Waals surface area contributed by atoms with E-state index in [9.17, 15) is 4.79 Å². The van der Waals surface area contributed by atoms with Gasteiger partial charge in [0.25, 0.3) is 0 Å². The summed E-state index contributed by atoms with van der Waals surface area (Å²) in [7, 11) is 0. The van der Waals surface area contributed by atoms with Crippen molar-refractivity contribution in [1.82, 2.24) is 15.0 Å². The molecule has 2 heterocycles. The molecule has 2 rings (SSSR count). The van der Waals surface area contributed by atoms with Gasteiger partial charge in [-0.15, -0.1) is 0 Å². The molecule has 0 fully saturated rings. The van der Waals surface area contributed by atoms with E-state index in [2.05, 4.69) is 20.3 Å². The van der Waals surface area contributed by atoms with Crippen molar-refractivity contribution in [3.63, 3.8) is 0 Å². The Morgan fingerprint density at radius 3 is 2.89 bits per heavy atom. The molecule has 0 aliphatic heterocycles. The number of hydrogen-bond donors (Lipinski definition) is 3. The van der Waals surface area contributed by atoms with Crippen LogP contribution in [0.1, 0.15) is 5.82 Å². The second-order valence-corrected chi connectivity index (χ2v) is 3.58. The van der Waals surface area contributed by atoms with Crippen molar-refractivity contribution < 1.29 is 9.90 Å². The van der Waals surface area contributed by atoms with Crippen LogP contribution >= 0.6 is 0 Å². The van der Waals surface area contributed by atoms with Crippen molar-refractivity contribution in [2.45, 2.75) is 6.92 Å². The zero-order valence-electron chi connectivity index (χ0n) is 9.58. The van der Waals surface area contributed by atoms with Gasteiger partial charge in [0, 0.05) is 17.8 Å². The van der Waals surface area contributed by atoms with Gasteiger partial charge in [0.2, 0.25) is 0 Å². The number of nitrogens with zero attached hydrogens (tertiary/aromatic N) is 3. The van der Waals surface area contributed by atoms with Gasteiger partial charge in [-0.25, -0.2) is 14.8 Å². The molecule has 0 radical (unpaired) electrons. The number of aromatic nitrogens is 3. The minimum atomic E-state index is -1.18. The Morgan fingerprint density at radius 1 is 1.44 bits per heavy atom. The highest BCUT2D eigenvalue weighted by Crippen LogP contribution is 2.24. The number of rotatable bonds is 2. The van der Waals surface area contributed by atoms with Crippen molar-refractivity contribution >= 4 is 17.6 Å². The van der Waals surface area contributed by atoms with Gasteiger partial charge >= 0.3 is 6.09 Å². The highest BCUT2D eigenvalue weighted by molar-refractivity contribution is 5.83. The van der Waals surface area contributed by atoms with E-state index < -0.39 is 6.09 Å². The van der Waals surface area contributed by atoms with Crippen LogP contribution in [0.15, 0.2) is 24.5 Å². The van der Waals surface area contributed by atoms with Crippen molar-refractivity contribution in [3.05, 3.63) is 30.4 Å². The van der Waals surface area contributed by atoms with Gasteiger partial charge in [-0.05, 0) is 13.0 Å². The Kier molecular flexibility index (Phi) is 3.05. The average molecular weight is 245 g/mol. The lowest BCUT2D eigenvalue weighted by molar-refractivity contribution is 0.209. The summed E-state index contributed by atoms with van der Waals surface area (Å²) in [5, 5.41) is 10.9. The van der Waals surface area contributed by atoms with Gasteiger partial charge in [-0.2, -0.15) is 0 Å². The number of pyridine rings is 1. The third-order valence-corrected chi connectivity index (χ3v) is 2.20. The van der Waals surface area contributed by atoms with Crippen molar-refractivity contribution in [3.8, 4) is 11.3 Å². The van der Waals surface area contributed by atoms with Gasteiger partial charge in [0.1, 0.15) is 11.6 Å². The van der Waals surface area contributed by atoms with Gasteiger partial charge in [0.15, 0.2) is 0 Å². The number of nitrogen functional groups attached to an aromatic ring is 1. The van der Waals surface area contributed by atoms with Gasteiger partial charge in [-0.3, -0.25) is 10.3 Å². The van der Waals surface area contributed by atoms with Crippen molar-refractivity contribution in [1.29, 1.82) is 0 Å². The average Bonchev–Trinajstić information content (AvgIpc) is 2.27. The predicted molar refractivity (Wildman–Crippen MR) is 66.1 cm³/mol. The molecule has 2 aromatic rings. The quantitative estimate of drug-likeness (QED) is 0.739. The summed E-state index contributed by atoms with van der Waals surface area (Å²) in [4.78, 5) is 22.7. The van der Waals surface area contributed by atoms with Gasteiger partial charge in [0.05, 0.1) is 17.6 Å². The van der Waals surface area contributed by atoms with Crippen molar-refractivity contribution in [2.75, 3.05) is 11.1 Å². The number of nitrogens with one attached hydrogen (secondary N) is 1. The molecular weight excluding hydrogens is 234 g/mol. The second-order valence-electron chi connectivity index (χ2n) is 3.58. The Balaban J connectivity index is 2.48. The lowest BCUT2D eigenvalue weighted by Crippen LogP contribution is -2.10. The number of anilines is 2. The summed E-state index contributed by atoms with van der Waals surface area (Å²) >= 11 is 0. The van der Waals surface area contributed by atoms with E-state index >= 15 is 0 Å². The standard InChI is InChI=1S/C11H11N5O2/c1-6-14-9(4-10(15-6)16-11(17)18)7-2-3-13-5-8(7)12/h2-5H,12H2,1H3,(H,17,18)(H,14,15,16). The first kappa shape index (κ1) is 11.8. The zero-order chi connectivity index (χ0) is 13.1. The van der Waals surface area contributed by atoms with E-state index in [1.54, 1.807) is 19.2 Å². The summed E-state index contributed by atoms with van der Waals surface area (Å²) in [5.41, 5.74) is 7.50. The molecule has 0 spiro atoms. The van der Waals surface area contributed by atoms with Gasteiger partial charge in [-0.1, -0.05) is 0 Å². The number of carboxylic acid groups (broad SMARTS) is 1. The van der Waals surface area contributed by atoms with E-state index in [4.69, 9.17) is 10.8 Å². The largest absolute Gasteiger partial charge is 0.465 e. The van der Waals surface area contributed by atoms with Crippen LogP contribution < -0.4 is 11.1 Å². The monoisotopic (exact) mass is 245 g/mol. The number of nitrogens with two attached hydrogens (primary N) is 1. The summed E-state index contributed by atoms with van der Waals surface area (Å²) in [6.07, 6.45) is 1.92. The highest BCUT2D eigenvalue weighted by Gasteiger charge is 2.08. The fraction of sp³-hybridized carbons (Fsp3) is 0.0909. The Hall–Kier alpha value is -2.70. The van der Waals surface area contributed by atoms with Crippen LogP contribution in [0.3, 0.4) is 0 Å². The minimum absolute atomic E-state index is 0.209. The highest BCUT2D eigenvalue weighted by atomic mass is 16.4. The Morgan fingerprint density at radius 2 is 2.22 bits per heavy atom. The molecular formula is C11H11N5O2. The van der Waals surface area contributed by atoms with Crippen LogP contribution in [0.5, 0.6) is 0 Å². The molecule has 0 saturated heterocycles. The van der Waals surface area contributed by atoms with E-state index in [0.717, 1.165) is 0 Å². The third-order valence-electron chi connectivity index (χ3n) is 2.20. The fourth-order valence-electron chi connectivity index (χ4n) is 1.52. The lowest BCUT2D eigenvalue weighted by atomic mass is 10.1. The molecule has 0 saturated carbocycles. The maximum absolute atomic E-state index is 10.6. The molecule has 92 valence electrons. The van der Waals surface area contributed by atoms with E-state index in [1.165, 1.54) is 12.3 Å². The molecule has 7 nitrogen and oxygen atoms in total. The number of aryl methyl sites for hydroxylation is 1. The van der Waals surface area contributed by atoms with Crippen LogP contribution in [-0.4, -0.2) is 26.2 Å². The first-order chi connectivity index (χ1) is 8.56. The molecule has 0 aromatic carbocycles. The molecule has 0 unspecified atom stereocenters. The first-order valence-corrected chi connectivity index (χ1v) is 5.12. The molecule has 0 atom stereocenters. The molecule has 18 heavy (non-hydrogen) atoms. The van der Waals surface area contributed by atoms with Crippen LogP contribution in [0, 0.1) is 6.92 Å². The fourth-order valence-corrected chi connectivity index (χ4v) is 1.52. The normalized spacial score (nSPS) is 10.1. The third kappa shape index (κ3) is 2.51. The Labute approximate surface area is 103 Å². The summed E-state index contributed by atoms with van der Waals surface area (Å²) in [6, 6.07) is 3.23. The topological polar surface area (TPSA) is 114 Å². The predicted octanol–water partition coefficient (Wildman–Crippen LogP) is 1.52. The maximum Gasteiger partial charge on any atom is 0.410 e. The van der Waals surface area contributed by atoms with Crippen LogP contribution in [0.25, 0.3) is 11.3 Å². The van der Waals surface area contributed by atoms with Gasteiger partial charge < -0.3 is 10.8 Å². The minimum Gasteiger partial charge on any atom is -0.465 e. The summed E-state index contributed by atoms with van der Waals surface area (Å²) < 4.78 is 0. The number of carbonyl (C=O) groups is 1.